The molecule has 0 heterocycles. The summed E-state index contributed by atoms with van der Waals surface area (Å²) in [5.74, 6) is 0.299. The normalized spacial score (nSPS) is 10.1. The van der Waals surface area contributed by atoms with Gasteiger partial charge in [-0.2, -0.15) is 0 Å². The van der Waals surface area contributed by atoms with E-state index in [2.05, 4.69) is 5.32 Å². The van der Waals surface area contributed by atoms with Crippen molar-refractivity contribution < 1.29 is 23.8 Å². The van der Waals surface area contributed by atoms with Crippen molar-refractivity contribution in [2.45, 2.75) is 13.3 Å². The van der Waals surface area contributed by atoms with E-state index in [9.17, 15) is 9.59 Å². The maximum Gasteiger partial charge on any atom is 0.337 e. The van der Waals surface area contributed by atoms with Gasteiger partial charge < -0.3 is 19.5 Å². The Balaban J connectivity index is 2.33. The van der Waals surface area contributed by atoms with E-state index < -0.39 is 5.97 Å². The van der Waals surface area contributed by atoms with Crippen LogP contribution in [0.4, 0.5) is 5.69 Å². The molecule has 2 rings (SSSR count). The van der Waals surface area contributed by atoms with Crippen LogP contribution in [0.1, 0.15) is 33.2 Å². The van der Waals surface area contributed by atoms with E-state index in [0.29, 0.717) is 34.7 Å². The highest BCUT2D eigenvalue weighted by Crippen LogP contribution is 2.31. The maximum absolute atomic E-state index is 12.7. The summed E-state index contributed by atoms with van der Waals surface area (Å²) in [5.41, 5.74) is 2.19. The standard InChI is InChI=1S/C19H21NO5/c1-5-12-10-16(23-2)17(24-3)11-15(12)18(21)20-14-8-6-7-13(9-14)19(22)25-4/h6-11H,5H2,1-4H3,(H,20,21). The fourth-order valence-electron chi connectivity index (χ4n) is 2.47. The molecule has 25 heavy (non-hydrogen) atoms. The molecule has 0 radical (unpaired) electrons. The van der Waals surface area contributed by atoms with Crippen LogP contribution in [0.25, 0.3) is 0 Å². The largest absolute Gasteiger partial charge is 0.493 e. The fraction of sp³-hybridized carbons (Fsp3) is 0.263. The zero-order valence-electron chi connectivity index (χ0n) is 14.7. The number of methoxy groups -OCH3 is 3. The van der Waals surface area contributed by atoms with Crippen molar-refractivity contribution >= 4 is 17.6 Å². The first-order valence-electron chi connectivity index (χ1n) is 7.78. The number of benzene rings is 2. The molecule has 132 valence electrons. The lowest BCUT2D eigenvalue weighted by atomic mass is 10.0. The highest BCUT2D eigenvalue weighted by molar-refractivity contribution is 6.06. The van der Waals surface area contributed by atoms with Crippen LogP contribution in [-0.2, 0) is 11.2 Å². The van der Waals surface area contributed by atoms with E-state index in [-0.39, 0.29) is 5.91 Å². The number of rotatable bonds is 6. The SMILES string of the molecule is CCc1cc(OC)c(OC)cc1C(=O)Nc1cccc(C(=O)OC)c1. The smallest absolute Gasteiger partial charge is 0.337 e. The van der Waals surface area contributed by atoms with Crippen LogP contribution >= 0.6 is 0 Å². The van der Waals surface area contributed by atoms with Crippen molar-refractivity contribution in [2.75, 3.05) is 26.6 Å². The van der Waals surface area contributed by atoms with Gasteiger partial charge in [0, 0.05) is 11.3 Å². The molecular weight excluding hydrogens is 322 g/mol. The van der Waals surface area contributed by atoms with Crippen molar-refractivity contribution in [2.24, 2.45) is 0 Å². The Morgan fingerprint density at radius 1 is 1.00 bits per heavy atom. The number of nitrogens with one attached hydrogen (secondary N) is 1. The van der Waals surface area contributed by atoms with Crippen LogP contribution < -0.4 is 14.8 Å². The van der Waals surface area contributed by atoms with E-state index in [1.54, 1.807) is 43.5 Å². The van der Waals surface area contributed by atoms with Gasteiger partial charge in [0.1, 0.15) is 0 Å². The third kappa shape index (κ3) is 4.09. The molecule has 0 bridgehead atoms. The second-order valence-electron chi connectivity index (χ2n) is 5.24. The summed E-state index contributed by atoms with van der Waals surface area (Å²) >= 11 is 0. The lowest BCUT2D eigenvalue weighted by Gasteiger charge is -2.14. The number of hydrogen-bond acceptors (Lipinski definition) is 5. The molecule has 0 unspecified atom stereocenters. The summed E-state index contributed by atoms with van der Waals surface area (Å²) < 4.78 is 15.2. The monoisotopic (exact) mass is 343 g/mol. The highest BCUT2D eigenvalue weighted by atomic mass is 16.5. The second-order valence-corrected chi connectivity index (χ2v) is 5.24. The van der Waals surface area contributed by atoms with Crippen molar-refractivity contribution in [1.29, 1.82) is 0 Å². The second kappa shape index (κ2) is 8.19. The Hall–Kier alpha value is -3.02. The number of esters is 1. The third-order valence-corrected chi connectivity index (χ3v) is 3.78. The van der Waals surface area contributed by atoms with E-state index in [0.717, 1.165) is 5.56 Å². The summed E-state index contributed by atoms with van der Waals surface area (Å²) in [5, 5.41) is 2.80. The van der Waals surface area contributed by atoms with Crippen molar-refractivity contribution in [3.63, 3.8) is 0 Å². The molecule has 0 aliphatic heterocycles. The Bertz CT molecular complexity index is 785. The van der Waals surface area contributed by atoms with Gasteiger partial charge in [-0.05, 0) is 42.3 Å². The summed E-state index contributed by atoms with van der Waals surface area (Å²) in [6, 6.07) is 10.0. The van der Waals surface area contributed by atoms with E-state index in [4.69, 9.17) is 14.2 Å². The van der Waals surface area contributed by atoms with Crippen LogP contribution in [0.3, 0.4) is 0 Å². The Kier molecular flexibility index (Phi) is 6.00. The van der Waals surface area contributed by atoms with E-state index >= 15 is 0 Å². The quantitative estimate of drug-likeness (QED) is 0.815. The topological polar surface area (TPSA) is 73.9 Å². The number of hydrogen-bond donors (Lipinski definition) is 1. The minimum absolute atomic E-state index is 0.292. The average molecular weight is 343 g/mol. The molecule has 1 N–H and O–H groups in total. The van der Waals surface area contributed by atoms with Gasteiger partial charge in [-0.1, -0.05) is 13.0 Å². The fourth-order valence-corrected chi connectivity index (χ4v) is 2.47. The first-order chi connectivity index (χ1) is 12.0. The zero-order chi connectivity index (χ0) is 18.4. The number of carbonyl (C=O) groups excluding carboxylic acids is 2. The molecular formula is C19H21NO5. The highest BCUT2D eigenvalue weighted by Gasteiger charge is 2.16. The van der Waals surface area contributed by atoms with Gasteiger partial charge >= 0.3 is 5.97 Å². The minimum atomic E-state index is -0.462. The van der Waals surface area contributed by atoms with E-state index in [1.807, 2.05) is 6.92 Å². The number of amides is 1. The van der Waals surface area contributed by atoms with Crippen LogP contribution in [0.5, 0.6) is 11.5 Å². The number of aryl methyl sites for hydroxylation is 1. The van der Waals surface area contributed by atoms with E-state index in [1.165, 1.54) is 14.2 Å². The molecule has 2 aromatic carbocycles. The first-order valence-corrected chi connectivity index (χ1v) is 7.78. The van der Waals surface area contributed by atoms with Gasteiger partial charge in [0.2, 0.25) is 0 Å². The summed E-state index contributed by atoms with van der Waals surface area (Å²) in [4.78, 5) is 24.3. The third-order valence-electron chi connectivity index (χ3n) is 3.78. The predicted molar refractivity (Wildman–Crippen MR) is 94.7 cm³/mol. The molecule has 2 aromatic rings. The molecule has 0 aliphatic carbocycles. The molecule has 1 amide bonds. The van der Waals surface area contributed by atoms with Crippen LogP contribution in [-0.4, -0.2) is 33.2 Å². The molecule has 0 saturated heterocycles. The Morgan fingerprint density at radius 2 is 1.68 bits per heavy atom. The molecule has 0 spiro atoms. The lowest BCUT2D eigenvalue weighted by Crippen LogP contribution is -2.15. The van der Waals surface area contributed by atoms with Gasteiger partial charge in [0.25, 0.3) is 5.91 Å². The van der Waals surface area contributed by atoms with Gasteiger partial charge in [-0.3, -0.25) is 4.79 Å². The van der Waals surface area contributed by atoms with Gasteiger partial charge in [0.05, 0.1) is 26.9 Å². The number of ether oxygens (including phenoxy) is 3. The van der Waals surface area contributed by atoms with Gasteiger partial charge in [0.15, 0.2) is 11.5 Å². The van der Waals surface area contributed by atoms with Crippen LogP contribution in [0.2, 0.25) is 0 Å². The lowest BCUT2D eigenvalue weighted by molar-refractivity contribution is 0.0600. The maximum atomic E-state index is 12.7. The summed E-state index contributed by atoms with van der Waals surface area (Å²) in [6.07, 6.45) is 0.658. The number of carbonyl (C=O) groups is 2. The van der Waals surface area contributed by atoms with Crippen molar-refractivity contribution in [1.82, 2.24) is 0 Å². The molecule has 6 nitrogen and oxygen atoms in total. The van der Waals surface area contributed by atoms with Crippen molar-refractivity contribution in [3.05, 3.63) is 53.1 Å². The van der Waals surface area contributed by atoms with Gasteiger partial charge in [-0.15, -0.1) is 0 Å². The predicted octanol–water partition coefficient (Wildman–Crippen LogP) is 3.31. The molecule has 6 heteroatoms. The van der Waals surface area contributed by atoms with Crippen LogP contribution in [0, 0.1) is 0 Å². The minimum Gasteiger partial charge on any atom is -0.493 e. The van der Waals surface area contributed by atoms with Crippen molar-refractivity contribution in [3.8, 4) is 11.5 Å². The molecule has 0 atom stereocenters. The summed E-state index contributed by atoms with van der Waals surface area (Å²) in [6.45, 7) is 1.95. The number of anilines is 1. The summed E-state index contributed by atoms with van der Waals surface area (Å²) in [7, 11) is 4.38. The Morgan fingerprint density at radius 3 is 2.28 bits per heavy atom. The van der Waals surface area contributed by atoms with Crippen LogP contribution in [0.15, 0.2) is 36.4 Å². The average Bonchev–Trinajstić information content (AvgIpc) is 2.66. The molecule has 0 fully saturated rings. The first kappa shape index (κ1) is 18.3. The van der Waals surface area contributed by atoms with Gasteiger partial charge in [-0.25, -0.2) is 4.79 Å². The zero-order valence-corrected chi connectivity index (χ0v) is 14.7. The molecule has 0 saturated carbocycles. The molecule has 0 aliphatic rings. The molecule has 0 aromatic heterocycles. The Labute approximate surface area is 146 Å².